The number of ether oxygens (including phenoxy) is 1. The minimum atomic E-state index is -0.265. The molecule has 1 aliphatic heterocycles. The molecule has 32 heavy (non-hydrogen) atoms. The first-order chi connectivity index (χ1) is 15.7. The second-order valence-corrected chi connectivity index (χ2v) is 9.53. The summed E-state index contributed by atoms with van der Waals surface area (Å²) < 4.78 is 10.0. The minimum absolute atomic E-state index is 0.265. The van der Waals surface area contributed by atoms with E-state index >= 15 is 0 Å². The summed E-state index contributed by atoms with van der Waals surface area (Å²) in [6.45, 7) is 4.19. The Morgan fingerprint density at radius 3 is 2.66 bits per heavy atom. The van der Waals surface area contributed by atoms with Crippen molar-refractivity contribution in [2.75, 3.05) is 7.11 Å². The highest BCUT2D eigenvalue weighted by Crippen LogP contribution is 2.46. The summed E-state index contributed by atoms with van der Waals surface area (Å²) in [6, 6.07) is 13.0. The summed E-state index contributed by atoms with van der Waals surface area (Å²) in [6.07, 6.45) is 9.84. The first kappa shape index (κ1) is 19.7. The molecule has 0 spiro atoms. The van der Waals surface area contributed by atoms with Gasteiger partial charge in [-0.15, -0.1) is 0 Å². The molecule has 164 valence electrons. The van der Waals surface area contributed by atoms with Crippen LogP contribution >= 0.6 is 0 Å². The SMILES string of the molecule is COC(=O)c1ccc2c(C3CCCCC3)c3n(c2c1)CCCn1cc(C)c2cccc-3c21. The number of nitrogens with zero attached hydrogens (tertiary/aromatic N) is 2. The van der Waals surface area contributed by atoms with E-state index in [1.807, 2.05) is 6.07 Å². The molecular weight excluding hydrogens is 396 g/mol. The molecular formula is C28H30N2O2. The van der Waals surface area contributed by atoms with E-state index in [-0.39, 0.29) is 5.97 Å². The van der Waals surface area contributed by atoms with Crippen molar-refractivity contribution in [3.05, 3.63) is 59.3 Å². The maximum atomic E-state index is 12.3. The summed E-state index contributed by atoms with van der Waals surface area (Å²) in [7, 11) is 1.46. The van der Waals surface area contributed by atoms with E-state index in [2.05, 4.69) is 52.6 Å². The fourth-order valence-electron chi connectivity index (χ4n) is 6.25. The van der Waals surface area contributed by atoms with E-state index in [0.29, 0.717) is 11.5 Å². The fraction of sp³-hybridized carbons (Fsp3) is 0.393. The Hall–Kier alpha value is -3.01. The quantitative estimate of drug-likeness (QED) is 0.330. The van der Waals surface area contributed by atoms with Crippen molar-refractivity contribution >= 4 is 27.8 Å². The molecule has 0 radical (unpaired) electrons. The molecule has 0 atom stereocenters. The number of aromatic nitrogens is 2. The lowest BCUT2D eigenvalue weighted by Gasteiger charge is -2.25. The molecule has 0 bridgehead atoms. The summed E-state index contributed by atoms with van der Waals surface area (Å²) in [4.78, 5) is 12.3. The van der Waals surface area contributed by atoms with E-state index in [4.69, 9.17) is 4.74 Å². The lowest BCUT2D eigenvalue weighted by molar-refractivity contribution is 0.0601. The van der Waals surface area contributed by atoms with Gasteiger partial charge in [0, 0.05) is 41.1 Å². The Labute approximate surface area is 188 Å². The fourth-order valence-corrected chi connectivity index (χ4v) is 6.25. The number of rotatable bonds is 2. The zero-order chi connectivity index (χ0) is 21.8. The highest BCUT2D eigenvalue weighted by Gasteiger charge is 2.29. The van der Waals surface area contributed by atoms with Crippen molar-refractivity contribution in [2.24, 2.45) is 0 Å². The summed E-state index contributed by atoms with van der Waals surface area (Å²) in [5.74, 6) is 0.310. The van der Waals surface area contributed by atoms with Gasteiger partial charge in [0.1, 0.15) is 0 Å². The van der Waals surface area contributed by atoms with Crippen molar-refractivity contribution < 1.29 is 9.53 Å². The predicted molar refractivity (Wildman–Crippen MR) is 129 cm³/mol. The number of carbonyl (C=O) groups is 1. The Morgan fingerprint density at radius 2 is 1.84 bits per heavy atom. The number of esters is 1. The van der Waals surface area contributed by atoms with Gasteiger partial charge in [-0.2, -0.15) is 0 Å². The average Bonchev–Trinajstić information content (AvgIpc) is 3.32. The van der Waals surface area contributed by atoms with Crippen LogP contribution in [0.25, 0.3) is 33.1 Å². The van der Waals surface area contributed by atoms with Crippen molar-refractivity contribution in [1.29, 1.82) is 0 Å². The standard InChI is InChI=1S/C28H30N2O2/c1-18-17-29-14-7-15-30-24-16-20(28(31)32-2)12-13-22(24)25(19-8-4-3-5-9-19)27(30)23-11-6-10-21(18)26(23)29/h6,10-13,16-17,19H,3-5,7-9,14-15H2,1-2H3. The number of aryl methyl sites for hydroxylation is 3. The van der Waals surface area contributed by atoms with Crippen molar-refractivity contribution in [3.63, 3.8) is 0 Å². The Kier molecular flexibility index (Phi) is 4.63. The number of methoxy groups -OCH3 is 1. The molecule has 1 fully saturated rings. The van der Waals surface area contributed by atoms with Gasteiger partial charge in [0.2, 0.25) is 0 Å². The molecule has 2 aromatic carbocycles. The Balaban J connectivity index is 1.72. The number of hydrogen-bond donors (Lipinski definition) is 0. The van der Waals surface area contributed by atoms with E-state index in [1.165, 1.54) is 83.4 Å². The maximum Gasteiger partial charge on any atom is 0.337 e. The molecule has 4 aromatic rings. The van der Waals surface area contributed by atoms with E-state index in [0.717, 1.165) is 19.5 Å². The highest BCUT2D eigenvalue weighted by molar-refractivity contribution is 6.03. The van der Waals surface area contributed by atoms with Gasteiger partial charge in [-0.1, -0.05) is 43.5 Å². The summed E-state index contributed by atoms with van der Waals surface area (Å²) in [5, 5.41) is 2.67. The zero-order valence-corrected chi connectivity index (χ0v) is 19.0. The number of fused-ring (bicyclic) bond motifs is 4. The molecule has 2 aromatic heterocycles. The molecule has 4 heteroatoms. The summed E-state index contributed by atoms with van der Waals surface area (Å²) >= 11 is 0. The van der Waals surface area contributed by atoms with Crippen LogP contribution in [0.3, 0.4) is 0 Å². The van der Waals surface area contributed by atoms with Gasteiger partial charge in [0.15, 0.2) is 0 Å². The normalized spacial score (nSPS) is 16.7. The predicted octanol–water partition coefficient (Wildman–Crippen LogP) is 6.81. The van der Waals surface area contributed by atoms with Crippen LogP contribution in [0.2, 0.25) is 0 Å². The van der Waals surface area contributed by atoms with Crippen LogP contribution in [0.5, 0.6) is 0 Å². The van der Waals surface area contributed by atoms with Gasteiger partial charge in [0.05, 0.1) is 23.9 Å². The first-order valence-electron chi connectivity index (χ1n) is 12.0. The van der Waals surface area contributed by atoms with Gasteiger partial charge in [0.25, 0.3) is 0 Å². The van der Waals surface area contributed by atoms with E-state index < -0.39 is 0 Å². The third-order valence-corrected chi connectivity index (χ3v) is 7.67. The zero-order valence-electron chi connectivity index (χ0n) is 19.0. The largest absolute Gasteiger partial charge is 0.465 e. The number of hydrogen-bond acceptors (Lipinski definition) is 2. The molecule has 1 aliphatic carbocycles. The summed E-state index contributed by atoms with van der Waals surface area (Å²) in [5.41, 5.74) is 8.73. The van der Waals surface area contributed by atoms with Crippen LogP contribution in [0, 0.1) is 6.92 Å². The maximum absolute atomic E-state index is 12.3. The molecule has 0 N–H and O–H groups in total. The lowest BCUT2D eigenvalue weighted by atomic mass is 9.81. The number of para-hydroxylation sites is 1. The average molecular weight is 427 g/mol. The molecule has 3 heterocycles. The van der Waals surface area contributed by atoms with Gasteiger partial charge in [-0.05, 0) is 55.4 Å². The molecule has 0 amide bonds. The molecule has 0 unspecified atom stereocenters. The van der Waals surface area contributed by atoms with Crippen LogP contribution in [0.4, 0.5) is 0 Å². The topological polar surface area (TPSA) is 36.2 Å². The van der Waals surface area contributed by atoms with Gasteiger partial charge in [-0.25, -0.2) is 4.79 Å². The third-order valence-electron chi connectivity index (χ3n) is 7.67. The van der Waals surface area contributed by atoms with Crippen LogP contribution in [0.15, 0.2) is 42.6 Å². The number of carbonyl (C=O) groups excluding carboxylic acids is 1. The minimum Gasteiger partial charge on any atom is -0.465 e. The monoisotopic (exact) mass is 426 g/mol. The van der Waals surface area contributed by atoms with E-state index in [1.54, 1.807) is 0 Å². The van der Waals surface area contributed by atoms with Gasteiger partial charge >= 0.3 is 5.97 Å². The van der Waals surface area contributed by atoms with Crippen LogP contribution in [-0.2, 0) is 17.8 Å². The first-order valence-corrected chi connectivity index (χ1v) is 12.0. The molecule has 6 rings (SSSR count). The Bertz CT molecular complexity index is 1350. The van der Waals surface area contributed by atoms with Crippen LogP contribution in [0.1, 0.15) is 65.9 Å². The highest BCUT2D eigenvalue weighted by atomic mass is 16.5. The van der Waals surface area contributed by atoms with E-state index in [9.17, 15) is 4.79 Å². The van der Waals surface area contributed by atoms with Crippen molar-refractivity contribution in [1.82, 2.24) is 9.13 Å². The Morgan fingerprint density at radius 1 is 1.00 bits per heavy atom. The smallest absolute Gasteiger partial charge is 0.337 e. The second-order valence-electron chi connectivity index (χ2n) is 9.53. The van der Waals surface area contributed by atoms with Crippen LogP contribution < -0.4 is 0 Å². The second kappa shape index (κ2) is 7.54. The van der Waals surface area contributed by atoms with Crippen molar-refractivity contribution in [3.8, 4) is 11.3 Å². The number of benzene rings is 2. The molecule has 4 nitrogen and oxygen atoms in total. The molecule has 1 saturated carbocycles. The molecule has 2 aliphatic rings. The van der Waals surface area contributed by atoms with Gasteiger partial charge < -0.3 is 13.9 Å². The van der Waals surface area contributed by atoms with Crippen molar-refractivity contribution in [2.45, 2.75) is 64.5 Å². The van der Waals surface area contributed by atoms with Crippen LogP contribution in [-0.4, -0.2) is 22.2 Å². The third kappa shape index (κ3) is 2.85. The van der Waals surface area contributed by atoms with Gasteiger partial charge in [-0.3, -0.25) is 0 Å². The lowest BCUT2D eigenvalue weighted by Crippen LogP contribution is -2.11. The molecule has 0 saturated heterocycles.